The average Bonchev–Trinajstić information content (AvgIpc) is 2.92. The molecule has 0 unspecified atom stereocenters. The predicted molar refractivity (Wildman–Crippen MR) is 87.4 cm³/mol. The molecule has 5 nitrogen and oxygen atoms in total. The summed E-state index contributed by atoms with van der Waals surface area (Å²) in [6, 6.07) is 12.8. The van der Waals surface area contributed by atoms with Gasteiger partial charge in [0.2, 0.25) is 10.0 Å². The van der Waals surface area contributed by atoms with Crippen LogP contribution in [-0.2, 0) is 10.0 Å². The number of hydrogen-bond donors (Lipinski definition) is 1. The molecule has 2 aromatic rings. The summed E-state index contributed by atoms with van der Waals surface area (Å²) in [5.74, 6) is 0.0256. The molecule has 1 aromatic heterocycles. The Morgan fingerprint density at radius 3 is 2.45 bits per heavy atom. The van der Waals surface area contributed by atoms with Gasteiger partial charge in [0.1, 0.15) is 4.90 Å². The molecule has 2 heterocycles. The summed E-state index contributed by atoms with van der Waals surface area (Å²) < 4.78 is 26.6. The molecule has 0 bridgehead atoms. The van der Waals surface area contributed by atoms with Crippen LogP contribution in [-0.4, -0.2) is 36.8 Å². The molecule has 1 aromatic carbocycles. The maximum Gasteiger partial charge on any atom is 0.244 e. The van der Waals surface area contributed by atoms with Gasteiger partial charge >= 0.3 is 0 Å². The molecule has 22 heavy (non-hydrogen) atoms. The Morgan fingerprint density at radius 1 is 1.09 bits per heavy atom. The third kappa shape index (κ3) is 3.15. The van der Waals surface area contributed by atoms with Crippen LogP contribution < -0.4 is 5.73 Å². The van der Waals surface area contributed by atoms with Gasteiger partial charge in [-0.15, -0.1) is 12.4 Å². The van der Waals surface area contributed by atoms with Crippen LogP contribution in [0.4, 0.5) is 0 Å². The lowest BCUT2D eigenvalue weighted by Gasteiger charge is -2.16. The van der Waals surface area contributed by atoms with Crippen molar-refractivity contribution < 1.29 is 8.42 Å². The van der Waals surface area contributed by atoms with E-state index in [9.17, 15) is 8.42 Å². The van der Waals surface area contributed by atoms with E-state index in [2.05, 4.69) is 4.98 Å². The number of pyridine rings is 1. The number of aromatic nitrogens is 1. The normalized spacial score (nSPS) is 22.2. The third-order valence-electron chi connectivity index (χ3n) is 3.83. The molecule has 1 saturated heterocycles. The topological polar surface area (TPSA) is 76.3 Å². The van der Waals surface area contributed by atoms with Crippen molar-refractivity contribution >= 4 is 22.4 Å². The number of rotatable bonds is 3. The van der Waals surface area contributed by atoms with Crippen LogP contribution in [0.1, 0.15) is 11.5 Å². The Balaban J connectivity index is 0.00000176. The fourth-order valence-electron chi connectivity index (χ4n) is 2.69. The van der Waals surface area contributed by atoms with Crippen molar-refractivity contribution in [1.82, 2.24) is 9.29 Å². The maximum absolute atomic E-state index is 12.6. The van der Waals surface area contributed by atoms with Gasteiger partial charge in [-0.3, -0.25) is 4.98 Å². The highest BCUT2D eigenvalue weighted by Crippen LogP contribution is 2.30. The van der Waals surface area contributed by atoms with Crippen molar-refractivity contribution in [3.05, 3.63) is 60.4 Å². The molecule has 0 spiro atoms. The SMILES string of the molecule is Cl.N[C@@H]1CN(S(=O)(=O)c2cccnc2)C[C@H]1c1ccccc1. The summed E-state index contributed by atoms with van der Waals surface area (Å²) in [6.45, 7) is 0.735. The molecule has 118 valence electrons. The minimum atomic E-state index is -3.52. The molecule has 0 amide bonds. The number of benzene rings is 1. The van der Waals surface area contributed by atoms with Crippen LogP contribution in [0.5, 0.6) is 0 Å². The lowest BCUT2D eigenvalue weighted by molar-refractivity contribution is 0.470. The van der Waals surface area contributed by atoms with E-state index in [1.807, 2.05) is 30.3 Å². The first kappa shape index (κ1) is 16.9. The van der Waals surface area contributed by atoms with Gasteiger partial charge in [-0.2, -0.15) is 4.31 Å². The van der Waals surface area contributed by atoms with Gasteiger partial charge in [0.15, 0.2) is 0 Å². The Kier molecular flexibility index (Phi) is 5.18. The summed E-state index contributed by atoms with van der Waals surface area (Å²) in [5.41, 5.74) is 7.23. The van der Waals surface area contributed by atoms with Crippen molar-refractivity contribution in [2.75, 3.05) is 13.1 Å². The Labute approximate surface area is 136 Å². The average molecular weight is 340 g/mol. The minimum Gasteiger partial charge on any atom is -0.326 e. The number of nitrogens with zero attached hydrogens (tertiary/aromatic N) is 2. The second kappa shape index (κ2) is 6.75. The summed E-state index contributed by atoms with van der Waals surface area (Å²) >= 11 is 0. The van der Waals surface area contributed by atoms with Crippen LogP contribution in [0.15, 0.2) is 59.8 Å². The molecule has 1 aliphatic rings. The predicted octanol–water partition coefficient (Wildman–Crippen LogP) is 1.62. The molecular formula is C15H18ClN3O2S. The minimum absolute atomic E-state index is 0. The van der Waals surface area contributed by atoms with Crippen LogP contribution in [0.2, 0.25) is 0 Å². The van der Waals surface area contributed by atoms with E-state index < -0.39 is 10.0 Å². The van der Waals surface area contributed by atoms with Crippen LogP contribution in [0, 0.1) is 0 Å². The van der Waals surface area contributed by atoms with E-state index in [1.54, 1.807) is 18.3 Å². The smallest absolute Gasteiger partial charge is 0.244 e. The lowest BCUT2D eigenvalue weighted by atomic mass is 9.95. The molecular weight excluding hydrogens is 322 g/mol. The molecule has 3 rings (SSSR count). The van der Waals surface area contributed by atoms with E-state index >= 15 is 0 Å². The maximum atomic E-state index is 12.6. The van der Waals surface area contributed by atoms with Crippen LogP contribution in [0.25, 0.3) is 0 Å². The zero-order valence-electron chi connectivity index (χ0n) is 11.9. The molecule has 2 atom stereocenters. The monoisotopic (exact) mass is 339 g/mol. The van der Waals surface area contributed by atoms with E-state index in [-0.39, 0.29) is 29.3 Å². The van der Waals surface area contributed by atoms with E-state index in [0.29, 0.717) is 13.1 Å². The van der Waals surface area contributed by atoms with E-state index in [0.717, 1.165) is 5.56 Å². The summed E-state index contributed by atoms with van der Waals surface area (Å²) in [6.07, 6.45) is 2.93. The molecule has 1 fully saturated rings. The van der Waals surface area contributed by atoms with Crippen LogP contribution >= 0.6 is 12.4 Å². The highest BCUT2D eigenvalue weighted by molar-refractivity contribution is 7.89. The molecule has 1 aliphatic heterocycles. The second-order valence-corrected chi connectivity index (χ2v) is 7.13. The first-order valence-electron chi connectivity index (χ1n) is 6.80. The summed E-state index contributed by atoms with van der Waals surface area (Å²) in [5, 5.41) is 0. The van der Waals surface area contributed by atoms with E-state index in [4.69, 9.17) is 5.73 Å². The summed E-state index contributed by atoms with van der Waals surface area (Å²) in [4.78, 5) is 4.10. The molecule has 7 heteroatoms. The largest absolute Gasteiger partial charge is 0.326 e. The highest BCUT2D eigenvalue weighted by atomic mass is 35.5. The number of sulfonamides is 1. The first-order chi connectivity index (χ1) is 10.1. The quantitative estimate of drug-likeness (QED) is 0.921. The Morgan fingerprint density at radius 2 is 1.82 bits per heavy atom. The van der Waals surface area contributed by atoms with Gasteiger partial charge < -0.3 is 5.73 Å². The van der Waals surface area contributed by atoms with Crippen molar-refractivity contribution in [3.8, 4) is 0 Å². The Hall–Kier alpha value is -1.47. The fraction of sp³-hybridized carbons (Fsp3) is 0.267. The second-order valence-electron chi connectivity index (χ2n) is 5.19. The lowest BCUT2D eigenvalue weighted by Crippen LogP contribution is -2.32. The van der Waals surface area contributed by atoms with Crippen molar-refractivity contribution in [3.63, 3.8) is 0 Å². The standard InChI is InChI=1S/C15H17N3O2S.ClH/c16-15-11-18(10-14(15)12-5-2-1-3-6-12)21(19,20)13-7-4-8-17-9-13;/h1-9,14-15H,10-11,16H2;1H/t14-,15+;/m0./s1. The van der Waals surface area contributed by atoms with Gasteiger partial charge in [0.05, 0.1) is 0 Å². The first-order valence-corrected chi connectivity index (χ1v) is 8.24. The van der Waals surface area contributed by atoms with Gasteiger partial charge in [-0.25, -0.2) is 8.42 Å². The van der Waals surface area contributed by atoms with Gasteiger partial charge in [-0.1, -0.05) is 30.3 Å². The number of nitrogens with two attached hydrogens (primary N) is 1. The molecule has 2 N–H and O–H groups in total. The number of hydrogen-bond acceptors (Lipinski definition) is 4. The molecule has 0 saturated carbocycles. The molecule has 0 radical (unpaired) electrons. The van der Waals surface area contributed by atoms with Gasteiger partial charge in [0.25, 0.3) is 0 Å². The fourth-order valence-corrected chi connectivity index (χ4v) is 4.16. The van der Waals surface area contributed by atoms with Crippen molar-refractivity contribution in [2.24, 2.45) is 5.73 Å². The van der Waals surface area contributed by atoms with Gasteiger partial charge in [0, 0.05) is 37.4 Å². The number of halogens is 1. The van der Waals surface area contributed by atoms with Crippen molar-refractivity contribution in [1.29, 1.82) is 0 Å². The Bertz CT molecular complexity index is 710. The highest BCUT2D eigenvalue weighted by Gasteiger charge is 2.38. The van der Waals surface area contributed by atoms with Crippen molar-refractivity contribution in [2.45, 2.75) is 16.9 Å². The zero-order valence-corrected chi connectivity index (χ0v) is 13.5. The third-order valence-corrected chi connectivity index (χ3v) is 5.65. The molecule has 0 aliphatic carbocycles. The van der Waals surface area contributed by atoms with E-state index in [1.165, 1.54) is 10.5 Å². The zero-order chi connectivity index (χ0) is 14.9. The summed E-state index contributed by atoms with van der Waals surface area (Å²) in [7, 11) is -3.52. The van der Waals surface area contributed by atoms with Gasteiger partial charge in [-0.05, 0) is 17.7 Å². The van der Waals surface area contributed by atoms with Crippen LogP contribution in [0.3, 0.4) is 0 Å².